The van der Waals surface area contributed by atoms with Crippen LogP contribution in [0, 0.1) is 12.3 Å². The van der Waals surface area contributed by atoms with Crippen molar-refractivity contribution in [2.24, 2.45) is 5.41 Å². The molecule has 1 aromatic carbocycles. The van der Waals surface area contributed by atoms with Gasteiger partial charge in [0.1, 0.15) is 0 Å². The molecule has 0 bridgehead atoms. The molecule has 2 N–H and O–H groups in total. The van der Waals surface area contributed by atoms with Gasteiger partial charge in [0, 0.05) is 24.8 Å². The second-order valence-electron chi connectivity index (χ2n) is 6.41. The Morgan fingerprint density at radius 2 is 1.96 bits per heavy atom. The Bertz CT molecular complexity index is 810. The summed E-state index contributed by atoms with van der Waals surface area (Å²) in [6, 6.07) is 7.12. The van der Waals surface area contributed by atoms with Crippen LogP contribution in [-0.2, 0) is 9.53 Å². The van der Waals surface area contributed by atoms with E-state index in [4.69, 9.17) is 16.3 Å². The maximum absolute atomic E-state index is 12.6. The Balaban J connectivity index is 1.74. The lowest BCUT2D eigenvalue weighted by Crippen LogP contribution is -2.46. The quantitative estimate of drug-likeness (QED) is 0.834. The summed E-state index contributed by atoms with van der Waals surface area (Å²) in [4.78, 5) is 24.2. The van der Waals surface area contributed by atoms with Gasteiger partial charge in [0.05, 0.1) is 28.6 Å². The first-order valence-corrected chi connectivity index (χ1v) is 8.71. The number of halogens is 1. The molecule has 1 aromatic heterocycles. The van der Waals surface area contributed by atoms with Crippen molar-refractivity contribution in [1.82, 2.24) is 15.1 Å². The van der Waals surface area contributed by atoms with E-state index in [0.29, 0.717) is 42.3 Å². The summed E-state index contributed by atoms with van der Waals surface area (Å²) >= 11 is 5.90. The molecule has 0 atom stereocenters. The lowest BCUT2D eigenvalue weighted by Gasteiger charge is -2.33. The Morgan fingerprint density at radius 3 is 2.58 bits per heavy atom. The van der Waals surface area contributed by atoms with Crippen molar-refractivity contribution in [3.63, 3.8) is 0 Å². The van der Waals surface area contributed by atoms with Gasteiger partial charge in [-0.1, -0.05) is 11.6 Å². The number of carboxylic acids is 1. The molecule has 3 rings (SSSR count). The van der Waals surface area contributed by atoms with Crippen molar-refractivity contribution in [3.05, 3.63) is 46.7 Å². The molecule has 2 aromatic rings. The van der Waals surface area contributed by atoms with E-state index in [0.717, 1.165) is 5.69 Å². The minimum absolute atomic E-state index is 0.0656. The topological polar surface area (TPSA) is 93.5 Å². The van der Waals surface area contributed by atoms with E-state index in [1.807, 2.05) is 12.1 Å². The molecule has 1 saturated heterocycles. The van der Waals surface area contributed by atoms with E-state index in [-0.39, 0.29) is 12.5 Å². The molecule has 0 saturated carbocycles. The SMILES string of the molecule is Cc1c(C(=O)NCC2(C(=O)O)CCOCC2)cnn1-c1ccc(Cl)cc1. The van der Waals surface area contributed by atoms with Gasteiger partial charge in [0.25, 0.3) is 5.91 Å². The first kappa shape index (κ1) is 18.4. The first-order chi connectivity index (χ1) is 12.4. The van der Waals surface area contributed by atoms with Gasteiger partial charge >= 0.3 is 5.97 Å². The molecule has 7 nitrogen and oxygen atoms in total. The van der Waals surface area contributed by atoms with Crippen molar-refractivity contribution >= 4 is 23.5 Å². The summed E-state index contributed by atoms with van der Waals surface area (Å²) in [5, 5.41) is 17.2. The highest BCUT2D eigenvalue weighted by molar-refractivity contribution is 6.30. The minimum Gasteiger partial charge on any atom is -0.481 e. The fraction of sp³-hybridized carbons (Fsp3) is 0.389. The molecule has 0 spiro atoms. The van der Waals surface area contributed by atoms with Crippen LogP contribution in [0.25, 0.3) is 5.69 Å². The van der Waals surface area contributed by atoms with Crippen LogP contribution >= 0.6 is 11.6 Å². The van der Waals surface area contributed by atoms with Crippen LogP contribution in [0.4, 0.5) is 0 Å². The van der Waals surface area contributed by atoms with Crippen molar-refractivity contribution in [2.75, 3.05) is 19.8 Å². The summed E-state index contributed by atoms with van der Waals surface area (Å²) in [5.41, 5.74) is 0.889. The van der Waals surface area contributed by atoms with E-state index < -0.39 is 11.4 Å². The number of aliphatic carboxylic acids is 1. The zero-order chi connectivity index (χ0) is 18.7. The predicted molar refractivity (Wildman–Crippen MR) is 95.8 cm³/mol. The van der Waals surface area contributed by atoms with Gasteiger partial charge in [-0.05, 0) is 44.0 Å². The summed E-state index contributed by atoms with van der Waals surface area (Å²) < 4.78 is 6.89. The largest absolute Gasteiger partial charge is 0.481 e. The number of hydrogen-bond donors (Lipinski definition) is 2. The molecular weight excluding hydrogens is 358 g/mol. The lowest BCUT2D eigenvalue weighted by molar-refractivity contribution is -0.154. The third-order valence-corrected chi connectivity index (χ3v) is 5.07. The van der Waals surface area contributed by atoms with Gasteiger partial charge in [0.15, 0.2) is 0 Å². The smallest absolute Gasteiger partial charge is 0.311 e. The Morgan fingerprint density at radius 1 is 1.31 bits per heavy atom. The van der Waals surface area contributed by atoms with Gasteiger partial charge < -0.3 is 15.2 Å². The molecule has 1 aliphatic heterocycles. The number of aromatic nitrogens is 2. The third kappa shape index (κ3) is 3.59. The van der Waals surface area contributed by atoms with E-state index in [1.54, 1.807) is 23.7 Å². The number of rotatable bonds is 5. The molecule has 1 amide bonds. The van der Waals surface area contributed by atoms with E-state index in [9.17, 15) is 14.7 Å². The number of benzene rings is 1. The Labute approximate surface area is 155 Å². The van der Waals surface area contributed by atoms with Gasteiger partial charge in [-0.3, -0.25) is 9.59 Å². The predicted octanol–water partition coefficient (Wildman–Crippen LogP) is 2.45. The molecule has 1 fully saturated rings. The van der Waals surface area contributed by atoms with Gasteiger partial charge in [-0.15, -0.1) is 0 Å². The van der Waals surface area contributed by atoms with Crippen LogP contribution in [0.2, 0.25) is 5.02 Å². The van der Waals surface area contributed by atoms with E-state index in [2.05, 4.69) is 10.4 Å². The minimum atomic E-state index is -0.978. The molecule has 2 heterocycles. The number of carbonyl (C=O) groups is 2. The summed E-state index contributed by atoms with van der Waals surface area (Å²) in [7, 11) is 0. The van der Waals surface area contributed by atoms with Crippen molar-refractivity contribution in [3.8, 4) is 5.69 Å². The Hall–Kier alpha value is -2.38. The van der Waals surface area contributed by atoms with Crippen LogP contribution in [-0.4, -0.2) is 46.5 Å². The second-order valence-corrected chi connectivity index (χ2v) is 6.85. The van der Waals surface area contributed by atoms with E-state index in [1.165, 1.54) is 6.20 Å². The van der Waals surface area contributed by atoms with Crippen molar-refractivity contribution in [1.29, 1.82) is 0 Å². The number of nitrogens with one attached hydrogen (secondary N) is 1. The number of hydrogen-bond acceptors (Lipinski definition) is 4. The molecule has 138 valence electrons. The van der Waals surface area contributed by atoms with Gasteiger partial charge in [-0.25, -0.2) is 4.68 Å². The number of nitrogens with zero attached hydrogens (tertiary/aromatic N) is 2. The fourth-order valence-corrected chi connectivity index (χ4v) is 3.17. The molecule has 0 unspecified atom stereocenters. The standard InChI is InChI=1S/C18H20ClN3O4/c1-12-15(10-21-22(12)14-4-2-13(19)3-5-14)16(23)20-11-18(17(24)25)6-8-26-9-7-18/h2-5,10H,6-9,11H2,1H3,(H,20,23)(H,24,25). The average Bonchev–Trinajstić information content (AvgIpc) is 3.02. The highest BCUT2D eigenvalue weighted by atomic mass is 35.5. The zero-order valence-electron chi connectivity index (χ0n) is 14.4. The summed E-state index contributed by atoms with van der Waals surface area (Å²) in [6.45, 7) is 2.62. The third-order valence-electron chi connectivity index (χ3n) is 4.82. The maximum Gasteiger partial charge on any atom is 0.311 e. The monoisotopic (exact) mass is 377 g/mol. The van der Waals surface area contributed by atoms with Crippen LogP contribution in [0.1, 0.15) is 28.9 Å². The lowest BCUT2D eigenvalue weighted by atomic mass is 9.80. The molecule has 0 radical (unpaired) electrons. The van der Waals surface area contributed by atoms with Gasteiger partial charge in [-0.2, -0.15) is 5.10 Å². The average molecular weight is 378 g/mol. The molecule has 1 aliphatic rings. The second kappa shape index (κ2) is 7.47. The Kier molecular flexibility index (Phi) is 5.29. The van der Waals surface area contributed by atoms with Crippen molar-refractivity contribution < 1.29 is 19.4 Å². The molecular formula is C18H20ClN3O4. The van der Waals surface area contributed by atoms with Gasteiger partial charge in [0.2, 0.25) is 0 Å². The van der Waals surface area contributed by atoms with Crippen LogP contribution < -0.4 is 5.32 Å². The fourth-order valence-electron chi connectivity index (χ4n) is 3.05. The van der Waals surface area contributed by atoms with Crippen molar-refractivity contribution in [2.45, 2.75) is 19.8 Å². The van der Waals surface area contributed by atoms with Crippen LogP contribution in [0.3, 0.4) is 0 Å². The molecule has 26 heavy (non-hydrogen) atoms. The number of carbonyl (C=O) groups excluding carboxylic acids is 1. The highest BCUT2D eigenvalue weighted by Crippen LogP contribution is 2.30. The number of amides is 1. The normalized spacial score (nSPS) is 16.2. The van der Waals surface area contributed by atoms with Crippen LogP contribution in [0.15, 0.2) is 30.5 Å². The summed E-state index contributed by atoms with van der Waals surface area (Å²) in [5.74, 6) is -1.25. The van der Waals surface area contributed by atoms with E-state index >= 15 is 0 Å². The first-order valence-electron chi connectivity index (χ1n) is 8.33. The molecule has 8 heteroatoms. The summed E-state index contributed by atoms with van der Waals surface area (Å²) in [6.07, 6.45) is 2.24. The number of carboxylic acid groups (broad SMARTS) is 1. The van der Waals surface area contributed by atoms with Crippen LogP contribution in [0.5, 0.6) is 0 Å². The number of ether oxygens (including phenoxy) is 1. The highest BCUT2D eigenvalue weighted by Gasteiger charge is 2.40. The maximum atomic E-state index is 12.6. The molecule has 0 aliphatic carbocycles. The zero-order valence-corrected chi connectivity index (χ0v) is 15.1.